The van der Waals surface area contributed by atoms with E-state index in [1.54, 1.807) is 0 Å². The molecule has 0 aliphatic carbocycles. The van der Waals surface area contributed by atoms with Crippen LogP contribution in [0, 0.1) is 0 Å². The minimum absolute atomic E-state index is 1.13. The first-order valence-electron chi connectivity index (χ1n) is 3.06. The molecule has 0 heterocycles. The van der Waals surface area contributed by atoms with Gasteiger partial charge in [-0.1, -0.05) is 12.5 Å². The predicted octanol–water partition coefficient (Wildman–Crippen LogP) is 0.915. The van der Waals surface area contributed by atoms with Gasteiger partial charge in [0.25, 0.3) is 0 Å². The number of hydrogen-bond donors (Lipinski definition) is 0. The zero-order valence-electron chi connectivity index (χ0n) is 5.78. The highest BCUT2D eigenvalue weighted by atomic mass is 28.1. The second-order valence-corrected chi connectivity index (χ2v) is 2.76. The predicted molar refractivity (Wildman–Crippen MR) is 38.3 cm³/mol. The summed E-state index contributed by atoms with van der Waals surface area (Å²) in [5, 5.41) is 0. The van der Waals surface area contributed by atoms with Gasteiger partial charge in [0.2, 0.25) is 0 Å². The summed E-state index contributed by atoms with van der Waals surface area (Å²) >= 11 is 0. The van der Waals surface area contributed by atoms with E-state index in [1.165, 1.54) is 19.4 Å². The van der Waals surface area contributed by atoms with Gasteiger partial charge in [-0.2, -0.15) is 0 Å². The Morgan fingerprint density at radius 3 is 2.25 bits per heavy atom. The molecule has 0 aliphatic heterocycles. The normalized spacial score (nSPS) is 10.5. The first-order chi connectivity index (χ1) is 3.77. The minimum Gasteiger partial charge on any atom is -0.309 e. The SMILES string of the molecule is CN(C)CCCC[Si]. The molecule has 3 radical (unpaired) electrons. The van der Waals surface area contributed by atoms with Crippen LogP contribution in [-0.4, -0.2) is 35.8 Å². The van der Waals surface area contributed by atoms with Gasteiger partial charge < -0.3 is 4.90 Å². The first kappa shape index (κ1) is 8.18. The Balaban J connectivity index is 2.72. The fraction of sp³-hybridized carbons (Fsp3) is 1.00. The van der Waals surface area contributed by atoms with Crippen molar-refractivity contribution in [3.63, 3.8) is 0 Å². The molecule has 2 heteroatoms. The standard InChI is InChI=1S/C6H14NSi/c1-7(2)5-3-4-6-8/h3-6H2,1-2H3. The van der Waals surface area contributed by atoms with Crippen LogP contribution in [0.3, 0.4) is 0 Å². The molecule has 0 spiro atoms. The van der Waals surface area contributed by atoms with Crippen molar-refractivity contribution in [3.8, 4) is 0 Å². The highest BCUT2D eigenvalue weighted by Crippen LogP contribution is 1.92. The third kappa shape index (κ3) is 6.18. The Labute approximate surface area is 55.5 Å². The number of unbranched alkanes of at least 4 members (excludes halogenated alkanes) is 1. The summed E-state index contributed by atoms with van der Waals surface area (Å²) in [4.78, 5) is 2.21. The molecular weight excluding hydrogens is 114 g/mol. The van der Waals surface area contributed by atoms with E-state index in [1.807, 2.05) is 0 Å². The van der Waals surface area contributed by atoms with Crippen LogP contribution in [0.1, 0.15) is 12.8 Å². The fourth-order valence-corrected chi connectivity index (χ4v) is 0.803. The quantitative estimate of drug-likeness (QED) is 0.402. The third-order valence-electron chi connectivity index (χ3n) is 1.03. The van der Waals surface area contributed by atoms with Crippen LogP contribution in [0.2, 0.25) is 6.04 Å². The van der Waals surface area contributed by atoms with Crippen LogP contribution in [0.5, 0.6) is 0 Å². The summed E-state index contributed by atoms with van der Waals surface area (Å²) in [5.74, 6) is 0. The van der Waals surface area contributed by atoms with Crippen LogP contribution >= 0.6 is 0 Å². The third-order valence-corrected chi connectivity index (χ3v) is 1.39. The van der Waals surface area contributed by atoms with Crippen molar-refractivity contribution in [1.29, 1.82) is 0 Å². The second-order valence-electron chi connectivity index (χ2n) is 2.26. The van der Waals surface area contributed by atoms with Crippen molar-refractivity contribution >= 4 is 10.2 Å². The molecule has 0 amide bonds. The van der Waals surface area contributed by atoms with Gasteiger partial charge >= 0.3 is 0 Å². The molecule has 0 aromatic rings. The summed E-state index contributed by atoms with van der Waals surface area (Å²) < 4.78 is 0. The maximum absolute atomic E-state index is 3.42. The Hall–Kier alpha value is 0.177. The van der Waals surface area contributed by atoms with E-state index in [0.717, 1.165) is 6.04 Å². The smallest absolute Gasteiger partial charge is 0.0222 e. The van der Waals surface area contributed by atoms with Gasteiger partial charge in [0.1, 0.15) is 0 Å². The van der Waals surface area contributed by atoms with Crippen molar-refractivity contribution in [2.75, 3.05) is 20.6 Å². The summed E-state index contributed by atoms with van der Waals surface area (Å²) in [6, 6.07) is 1.13. The lowest BCUT2D eigenvalue weighted by molar-refractivity contribution is 0.398. The molecule has 0 aromatic heterocycles. The van der Waals surface area contributed by atoms with E-state index < -0.39 is 0 Å². The Kier molecular flexibility index (Phi) is 5.43. The van der Waals surface area contributed by atoms with Gasteiger partial charge in [-0.15, -0.1) is 0 Å². The number of rotatable bonds is 4. The monoisotopic (exact) mass is 128 g/mol. The van der Waals surface area contributed by atoms with Crippen molar-refractivity contribution in [2.45, 2.75) is 18.9 Å². The molecule has 1 nitrogen and oxygen atoms in total. The van der Waals surface area contributed by atoms with E-state index in [2.05, 4.69) is 29.2 Å². The van der Waals surface area contributed by atoms with Crippen LogP contribution in [-0.2, 0) is 0 Å². The molecule has 0 rings (SSSR count). The van der Waals surface area contributed by atoms with E-state index in [-0.39, 0.29) is 0 Å². The summed E-state index contributed by atoms with van der Waals surface area (Å²) in [6.45, 7) is 1.21. The summed E-state index contributed by atoms with van der Waals surface area (Å²) in [5.41, 5.74) is 0. The summed E-state index contributed by atoms with van der Waals surface area (Å²) in [6.07, 6.45) is 2.59. The van der Waals surface area contributed by atoms with E-state index in [4.69, 9.17) is 0 Å². The lowest BCUT2D eigenvalue weighted by Crippen LogP contribution is -2.12. The first-order valence-corrected chi connectivity index (χ1v) is 3.77. The number of hydrogen-bond acceptors (Lipinski definition) is 1. The maximum Gasteiger partial charge on any atom is 0.0222 e. The van der Waals surface area contributed by atoms with Gasteiger partial charge in [-0.25, -0.2) is 0 Å². The maximum atomic E-state index is 3.42. The lowest BCUT2D eigenvalue weighted by atomic mass is 10.3. The molecule has 0 saturated heterocycles. The van der Waals surface area contributed by atoms with Crippen LogP contribution in [0.4, 0.5) is 0 Å². The average molecular weight is 128 g/mol. The molecule has 0 fully saturated rings. The molecule has 0 aliphatic rings. The van der Waals surface area contributed by atoms with E-state index in [9.17, 15) is 0 Å². The van der Waals surface area contributed by atoms with Gasteiger partial charge in [-0.05, 0) is 27.1 Å². The molecule has 0 saturated carbocycles. The fourth-order valence-electron chi connectivity index (χ4n) is 0.553. The average Bonchev–Trinajstić information content (AvgIpc) is 1.66. The molecule has 8 heavy (non-hydrogen) atoms. The molecule has 0 aromatic carbocycles. The van der Waals surface area contributed by atoms with Crippen molar-refractivity contribution < 1.29 is 0 Å². The Bertz CT molecular complexity index is 45.8. The van der Waals surface area contributed by atoms with Gasteiger partial charge in [-0.3, -0.25) is 0 Å². The molecular formula is C6H14NSi. The topological polar surface area (TPSA) is 3.24 Å². The number of nitrogens with zero attached hydrogens (tertiary/aromatic N) is 1. The molecule has 47 valence electrons. The van der Waals surface area contributed by atoms with Crippen molar-refractivity contribution in [3.05, 3.63) is 0 Å². The molecule has 0 unspecified atom stereocenters. The van der Waals surface area contributed by atoms with E-state index >= 15 is 0 Å². The minimum atomic E-state index is 1.13. The van der Waals surface area contributed by atoms with Crippen molar-refractivity contribution in [1.82, 2.24) is 4.90 Å². The van der Waals surface area contributed by atoms with Crippen molar-refractivity contribution in [2.24, 2.45) is 0 Å². The Morgan fingerprint density at radius 1 is 1.25 bits per heavy atom. The van der Waals surface area contributed by atoms with Crippen LogP contribution in [0.15, 0.2) is 0 Å². The van der Waals surface area contributed by atoms with Crippen LogP contribution < -0.4 is 0 Å². The Morgan fingerprint density at radius 2 is 1.88 bits per heavy atom. The van der Waals surface area contributed by atoms with Gasteiger partial charge in [0.05, 0.1) is 0 Å². The second kappa shape index (κ2) is 5.32. The largest absolute Gasteiger partial charge is 0.309 e. The van der Waals surface area contributed by atoms with E-state index in [0.29, 0.717) is 0 Å². The highest BCUT2D eigenvalue weighted by Gasteiger charge is 1.86. The van der Waals surface area contributed by atoms with Crippen LogP contribution in [0.25, 0.3) is 0 Å². The summed E-state index contributed by atoms with van der Waals surface area (Å²) in [7, 11) is 7.63. The zero-order chi connectivity index (χ0) is 6.41. The molecule has 0 N–H and O–H groups in total. The molecule has 0 bridgehead atoms. The lowest BCUT2D eigenvalue weighted by Gasteiger charge is -2.06. The van der Waals surface area contributed by atoms with Gasteiger partial charge in [0.15, 0.2) is 0 Å². The zero-order valence-corrected chi connectivity index (χ0v) is 6.78. The van der Waals surface area contributed by atoms with Gasteiger partial charge in [0, 0.05) is 10.2 Å². The highest BCUT2D eigenvalue weighted by molar-refractivity contribution is 6.08. The molecule has 0 atom stereocenters.